The quantitative estimate of drug-likeness (QED) is 0.295. The highest BCUT2D eigenvalue weighted by atomic mass is 35.5. The summed E-state index contributed by atoms with van der Waals surface area (Å²) in [4.78, 5) is 28.6. The zero-order valence-electron chi connectivity index (χ0n) is 23.2. The molecule has 0 aliphatic carbocycles. The molecule has 214 valence electrons. The van der Waals surface area contributed by atoms with E-state index in [1.807, 2.05) is 13.8 Å². The maximum atomic E-state index is 14.0. The molecule has 0 saturated carbocycles. The molecule has 40 heavy (non-hydrogen) atoms. The highest BCUT2D eigenvalue weighted by molar-refractivity contribution is 7.92. The summed E-state index contributed by atoms with van der Waals surface area (Å²) in [6, 6.07) is 20.6. The molecule has 8 nitrogen and oxygen atoms in total. The number of ether oxygens (including phenoxy) is 1. The molecular formula is C30H36ClN3O5S. The van der Waals surface area contributed by atoms with Gasteiger partial charge in [-0.1, -0.05) is 61.0 Å². The van der Waals surface area contributed by atoms with Crippen LogP contribution in [-0.2, 0) is 26.2 Å². The smallest absolute Gasteiger partial charge is 0.264 e. The Balaban J connectivity index is 2.06. The molecule has 3 aromatic rings. The van der Waals surface area contributed by atoms with Gasteiger partial charge in [0.2, 0.25) is 11.8 Å². The van der Waals surface area contributed by atoms with Crippen molar-refractivity contribution in [3.63, 3.8) is 0 Å². The second kappa shape index (κ2) is 14.2. The zero-order valence-corrected chi connectivity index (χ0v) is 24.8. The molecule has 0 heterocycles. The fourth-order valence-corrected chi connectivity index (χ4v) is 5.58. The Morgan fingerprint density at radius 1 is 0.925 bits per heavy atom. The van der Waals surface area contributed by atoms with Crippen molar-refractivity contribution in [3.8, 4) is 5.75 Å². The summed E-state index contributed by atoms with van der Waals surface area (Å²) in [5, 5.41) is 3.46. The molecule has 2 unspecified atom stereocenters. The van der Waals surface area contributed by atoms with E-state index in [0.717, 1.165) is 16.3 Å². The van der Waals surface area contributed by atoms with Gasteiger partial charge in [0.25, 0.3) is 10.0 Å². The van der Waals surface area contributed by atoms with Crippen molar-refractivity contribution in [1.29, 1.82) is 0 Å². The van der Waals surface area contributed by atoms with Gasteiger partial charge >= 0.3 is 0 Å². The highest BCUT2D eigenvalue weighted by Gasteiger charge is 2.34. The minimum Gasteiger partial charge on any atom is -0.492 e. The first-order valence-electron chi connectivity index (χ1n) is 13.2. The van der Waals surface area contributed by atoms with Crippen LogP contribution in [0.5, 0.6) is 5.75 Å². The number of amides is 2. The molecule has 10 heteroatoms. The van der Waals surface area contributed by atoms with E-state index in [0.29, 0.717) is 17.4 Å². The minimum absolute atomic E-state index is 0.0286. The first kappa shape index (κ1) is 31.0. The first-order valence-corrected chi connectivity index (χ1v) is 15.0. The van der Waals surface area contributed by atoms with Crippen LogP contribution in [0.3, 0.4) is 0 Å². The Kier molecular flexibility index (Phi) is 11.0. The molecule has 0 aliphatic heterocycles. The monoisotopic (exact) mass is 585 g/mol. The van der Waals surface area contributed by atoms with Gasteiger partial charge in [-0.15, -0.1) is 0 Å². The summed E-state index contributed by atoms with van der Waals surface area (Å²) in [7, 11) is -4.18. The van der Waals surface area contributed by atoms with Crippen molar-refractivity contribution < 1.29 is 22.7 Å². The van der Waals surface area contributed by atoms with Gasteiger partial charge in [-0.2, -0.15) is 0 Å². The number of hydrogen-bond donors (Lipinski definition) is 1. The van der Waals surface area contributed by atoms with Crippen molar-refractivity contribution in [2.75, 3.05) is 17.5 Å². The number of halogens is 1. The topological polar surface area (TPSA) is 96.0 Å². The lowest BCUT2D eigenvalue weighted by Gasteiger charge is -2.33. The maximum absolute atomic E-state index is 14.0. The van der Waals surface area contributed by atoms with Crippen LogP contribution in [0.1, 0.15) is 39.7 Å². The van der Waals surface area contributed by atoms with Crippen molar-refractivity contribution in [2.24, 2.45) is 0 Å². The predicted molar refractivity (Wildman–Crippen MR) is 158 cm³/mol. The van der Waals surface area contributed by atoms with Gasteiger partial charge in [0.1, 0.15) is 18.3 Å². The van der Waals surface area contributed by atoms with Gasteiger partial charge in [0.15, 0.2) is 0 Å². The van der Waals surface area contributed by atoms with Crippen LogP contribution in [0.15, 0.2) is 83.8 Å². The minimum atomic E-state index is -4.18. The van der Waals surface area contributed by atoms with Crippen LogP contribution in [0.25, 0.3) is 0 Å². The number of hydrogen-bond acceptors (Lipinski definition) is 5. The Morgan fingerprint density at radius 2 is 1.55 bits per heavy atom. The van der Waals surface area contributed by atoms with Crippen LogP contribution in [-0.4, -0.2) is 50.4 Å². The van der Waals surface area contributed by atoms with Crippen molar-refractivity contribution >= 4 is 39.1 Å². The SMILES string of the molecule is CCOc1ccccc1N(CC(=O)N(Cc1ccc(Cl)cc1)C(C)C(=O)NC(C)CC)S(=O)(=O)c1ccccc1. The molecule has 1 N–H and O–H groups in total. The molecule has 2 amide bonds. The zero-order chi connectivity index (χ0) is 29.3. The molecule has 0 aliphatic rings. The van der Waals surface area contributed by atoms with Crippen molar-refractivity contribution in [3.05, 3.63) is 89.4 Å². The predicted octanol–water partition coefficient (Wildman–Crippen LogP) is 5.27. The number of sulfonamides is 1. The molecular weight excluding hydrogens is 550 g/mol. The summed E-state index contributed by atoms with van der Waals surface area (Å²) >= 11 is 6.05. The van der Waals surface area contributed by atoms with Gasteiger partial charge < -0.3 is 15.0 Å². The largest absolute Gasteiger partial charge is 0.492 e. The Morgan fingerprint density at radius 3 is 2.17 bits per heavy atom. The molecule has 2 atom stereocenters. The summed E-state index contributed by atoms with van der Waals surface area (Å²) in [5.41, 5.74) is 0.970. The van der Waals surface area contributed by atoms with Crippen LogP contribution in [0, 0.1) is 0 Å². The van der Waals surface area contributed by atoms with E-state index >= 15 is 0 Å². The third kappa shape index (κ3) is 7.76. The fourth-order valence-electron chi connectivity index (χ4n) is 4.01. The number of rotatable bonds is 13. The normalized spacial score (nSPS) is 12.7. The van der Waals surface area contributed by atoms with E-state index in [1.54, 1.807) is 80.6 Å². The third-order valence-electron chi connectivity index (χ3n) is 6.48. The summed E-state index contributed by atoms with van der Waals surface area (Å²) in [5.74, 6) is -0.555. The lowest BCUT2D eigenvalue weighted by atomic mass is 10.1. The summed E-state index contributed by atoms with van der Waals surface area (Å²) < 4.78 is 34.7. The van der Waals surface area contributed by atoms with Crippen LogP contribution in [0.4, 0.5) is 5.69 Å². The van der Waals surface area contributed by atoms with E-state index in [1.165, 1.54) is 17.0 Å². The highest BCUT2D eigenvalue weighted by Crippen LogP contribution is 2.33. The van der Waals surface area contributed by atoms with Crippen molar-refractivity contribution in [2.45, 2.75) is 57.6 Å². The Bertz CT molecular complexity index is 1380. The Labute approximate surface area is 241 Å². The molecule has 0 spiro atoms. The van der Waals surface area contributed by atoms with E-state index in [-0.39, 0.29) is 29.1 Å². The van der Waals surface area contributed by atoms with Gasteiger partial charge in [-0.25, -0.2) is 8.42 Å². The van der Waals surface area contributed by atoms with Crippen LogP contribution in [0.2, 0.25) is 5.02 Å². The molecule has 0 saturated heterocycles. The number of nitrogens with zero attached hydrogens (tertiary/aromatic N) is 2. The lowest BCUT2D eigenvalue weighted by molar-refractivity contribution is -0.139. The van der Waals surface area contributed by atoms with Crippen LogP contribution < -0.4 is 14.4 Å². The van der Waals surface area contributed by atoms with E-state index in [2.05, 4.69) is 5.32 Å². The molecule has 0 bridgehead atoms. The number of anilines is 1. The first-order chi connectivity index (χ1) is 19.1. The number of carbonyl (C=O) groups is 2. The van der Waals surface area contributed by atoms with Gasteiger partial charge in [0.05, 0.1) is 17.2 Å². The molecule has 0 fully saturated rings. The summed E-state index contributed by atoms with van der Waals surface area (Å²) in [6.45, 7) is 7.11. The van der Waals surface area contributed by atoms with Gasteiger partial charge in [-0.05, 0) is 69.2 Å². The van der Waals surface area contributed by atoms with E-state index in [9.17, 15) is 18.0 Å². The van der Waals surface area contributed by atoms with Gasteiger partial charge in [0, 0.05) is 17.6 Å². The van der Waals surface area contributed by atoms with Crippen molar-refractivity contribution in [1.82, 2.24) is 10.2 Å². The molecule has 0 radical (unpaired) electrons. The third-order valence-corrected chi connectivity index (χ3v) is 8.50. The maximum Gasteiger partial charge on any atom is 0.264 e. The standard InChI is InChI=1S/C30H36ClN3O5S/c1-5-22(3)32-30(36)23(4)33(20-24-16-18-25(31)19-17-24)29(35)21-34(27-14-10-11-15-28(27)39-6-2)40(37,38)26-12-8-7-9-13-26/h7-19,22-23H,5-6,20-21H2,1-4H3,(H,32,36). The second-order valence-electron chi connectivity index (χ2n) is 9.37. The number of carbonyl (C=O) groups excluding carboxylic acids is 2. The van der Waals surface area contributed by atoms with E-state index < -0.39 is 28.5 Å². The fraction of sp³-hybridized carbons (Fsp3) is 0.333. The average molecular weight is 586 g/mol. The average Bonchev–Trinajstić information content (AvgIpc) is 2.96. The number of para-hydroxylation sites is 2. The molecule has 3 rings (SSSR count). The Hall–Kier alpha value is -3.56. The van der Waals surface area contributed by atoms with E-state index in [4.69, 9.17) is 16.3 Å². The summed E-state index contributed by atoms with van der Waals surface area (Å²) in [6.07, 6.45) is 0.723. The number of benzene rings is 3. The second-order valence-corrected chi connectivity index (χ2v) is 11.7. The van der Waals surface area contributed by atoms with Crippen LogP contribution >= 0.6 is 11.6 Å². The number of nitrogens with one attached hydrogen (secondary N) is 1. The molecule has 0 aromatic heterocycles. The molecule has 3 aromatic carbocycles. The lowest BCUT2D eigenvalue weighted by Crippen LogP contribution is -2.52. The van der Waals surface area contributed by atoms with Gasteiger partial charge in [-0.3, -0.25) is 13.9 Å².